The van der Waals surface area contributed by atoms with Gasteiger partial charge in [0.25, 0.3) is 0 Å². The van der Waals surface area contributed by atoms with Crippen LogP contribution >= 0.6 is 0 Å². The van der Waals surface area contributed by atoms with Crippen LogP contribution in [0.2, 0.25) is 0 Å². The molecule has 0 heterocycles. The molecule has 0 rings (SSSR count). The van der Waals surface area contributed by atoms with E-state index in [0.717, 1.165) is 89.9 Å². The first kappa shape index (κ1) is 67.6. The largest absolute Gasteiger partial charge is 0.466 e. The van der Waals surface area contributed by atoms with Crippen molar-refractivity contribution in [2.24, 2.45) is 0 Å². The van der Waals surface area contributed by atoms with Gasteiger partial charge in [-0.05, 0) is 89.9 Å². The number of ether oxygens (including phenoxy) is 1. The zero-order chi connectivity index (χ0) is 50.7. The van der Waals surface area contributed by atoms with Gasteiger partial charge < -0.3 is 20.3 Å². The third kappa shape index (κ3) is 54.9. The number of esters is 1. The average molecular weight is 981 g/mol. The fourth-order valence-corrected chi connectivity index (χ4v) is 9.07. The lowest BCUT2D eigenvalue weighted by atomic mass is 10.0. The summed E-state index contributed by atoms with van der Waals surface area (Å²) in [7, 11) is 0. The Bertz CT molecular complexity index is 1220. The summed E-state index contributed by atoms with van der Waals surface area (Å²) in [4.78, 5) is 24.5. The van der Waals surface area contributed by atoms with Crippen LogP contribution < -0.4 is 5.32 Å². The van der Waals surface area contributed by atoms with E-state index in [4.69, 9.17) is 4.74 Å². The van der Waals surface area contributed by atoms with Crippen LogP contribution in [0, 0.1) is 0 Å². The Kier molecular flexibility index (Phi) is 57.1. The second-order valence-corrected chi connectivity index (χ2v) is 20.7. The Balaban J connectivity index is 3.55. The van der Waals surface area contributed by atoms with E-state index in [1.807, 2.05) is 6.08 Å². The Morgan fingerprint density at radius 1 is 0.414 bits per heavy atom. The van der Waals surface area contributed by atoms with Crippen LogP contribution in [-0.4, -0.2) is 47.4 Å². The maximum atomic E-state index is 12.5. The van der Waals surface area contributed by atoms with Crippen molar-refractivity contribution in [3.63, 3.8) is 0 Å². The molecule has 0 aliphatic heterocycles. The molecule has 1 amide bonds. The first-order valence-electron chi connectivity index (χ1n) is 30.6. The molecule has 0 bridgehead atoms. The molecule has 6 heteroatoms. The highest BCUT2D eigenvalue weighted by Gasteiger charge is 2.18. The van der Waals surface area contributed by atoms with E-state index in [1.165, 1.54) is 193 Å². The lowest BCUT2D eigenvalue weighted by Gasteiger charge is -2.20. The van der Waals surface area contributed by atoms with Crippen LogP contribution in [0.15, 0.2) is 60.8 Å². The molecule has 0 saturated heterocycles. The summed E-state index contributed by atoms with van der Waals surface area (Å²) >= 11 is 0. The molecule has 0 radical (unpaired) electrons. The van der Waals surface area contributed by atoms with Gasteiger partial charge in [0, 0.05) is 12.8 Å². The Morgan fingerprint density at radius 3 is 1.23 bits per heavy atom. The van der Waals surface area contributed by atoms with Gasteiger partial charge in [-0.3, -0.25) is 9.59 Å². The first-order chi connectivity index (χ1) is 34.5. The van der Waals surface area contributed by atoms with Crippen molar-refractivity contribution >= 4 is 11.9 Å². The normalized spacial score (nSPS) is 13.0. The molecule has 0 aliphatic rings. The summed E-state index contributed by atoms with van der Waals surface area (Å²) in [5, 5.41) is 23.2. The highest BCUT2D eigenvalue weighted by atomic mass is 16.5. The predicted octanol–water partition coefficient (Wildman–Crippen LogP) is 19.1. The van der Waals surface area contributed by atoms with Gasteiger partial charge in [0.2, 0.25) is 5.91 Å². The quantitative estimate of drug-likeness (QED) is 0.0244. The summed E-state index contributed by atoms with van der Waals surface area (Å²) in [5.41, 5.74) is 0. The molecule has 6 nitrogen and oxygen atoms in total. The minimum atomic E-state index is -0.862. The van der Waals surface area contributed by atoms with E-state index in [-0.39, 0.29) is 18.5 Å². The van der Waals surface area contributed by atoms with E-state index in [9.17, 15) is 19.8 Å². The number of hydrogen-bond donors (Lipinski definition) is 3. The number of amides is 1. The van der Waals surface area contributed by atoms with Crippen molar-refractivity contribution in [1.29, 1.82) is 0 Å². The molecular formula is C64H117NO5. The number of hydrogen-bond acceptors (Lipinski definition) is 5. The molecule has 0 aliphatic carbocycles. The third-order valence-corrected chi connectivity index (χ3v) is 13.8. The number of aliphatic hydroxyl groups excluding tert-OH is 2. The number of unbranched alkanes of at least 4 members (excludes halogenated alkanes) is 38. The minimum absolute atomic E-state index is 0.0385. The summed E-state index contributed by atoms with van der Waals surface area (Å²) in [6.45, 7) is 4.78. The topological polar surface area (TPSA) is 95.9 Å². The minimum Gasteiger partial charge on any atom is -0.466 e. The lowest BCUT2D eigenvalue weighted by Crippen LogP contribution is -2.45. The van der Waals surface area contributed by atoms with Crippen molar-refractivity contribution in [2.75, 3.05) is 13.2 Å². The smallest absolute Gasteiger partial charge is 0.305 e. The van der Waals surface area contributed by atoms with Gasteiger partial charge in [-0.25, -0.2) is 0 Å². The number of nitrogens with one attached hydrogen (secondary N) is 1. The van der Waals surface area contributed by atoms with Crippen molar-refractivity contribution in [2.45, 2.75) is 321 Å². The number of rotatable bonds is 56. The Morgan fingerprint density at radius 2 is 0.786 bits per heavy atom. The number of carbonyl (C=O) groups excluding carboxylic acids is 2. The fourth-order valence-electron chi connectivity index (χ4n) is 9.07. The van der Waals surface area contributed by atoms with Crippen LogP contribution in [0.1, 0.15) is 309 Å². The molecule has 2 unspecified atom stereocenters. The molecule has 2 atom stereocenters. The fraction of sp³-hybridized carbons (Fsp3) is 0.812. The van der Waals surface area contributed by atoms with Gasteiger partial charge in [0.1, 0.15) is 0 Å². The van der Waals surface area contributed by atoms with Crippen LogP contribution in [0.3, 0.4) is 0 Å². The maximum Gasteiger partial charge on any atom is 0.305 e. The highest BCUT2D eigenvalue weighted by molar-refractivity contribution is 5.76. The second-order valence-electron chi connectivity index (χ2n) is 20.7. The SMILES string of the molecule is CCC/C=C\C/C=C\CCCCCCCC(=O)OCCCCC/C=C\C=C/CCCCCCCCC(=O)NC(CO)C(O)/C=C/CCCCCCCCCCCCCCCCCCCCCCCCC. The average Bonchev–Trinajstić information content (AvgIpc) is 3.36. The predicted molar refractivity (Wildman–Crippen MR) is 305 cm³/mol. The summed E-state index contributed by atoms with van der Waals surface area (Å²) < 4.78 is 5.43. The summed E-state index contributed by atoms with van der Waals surface area (Å²) in [6, 6.07) is -0.648. The van der Waals surface area contributed by atoms with Gasteiger partial charge in [0.05, 0.1) is 25.4 Å². The van der Waals surface area contributed by atoms with E-state index in [2.05, 4.69) is 67.8 Å². The van der Waals surface area contributed by atoms with Crippen molar-refractivity contribution in [3.05, 3.63) is 60.8 Å². The Labute approximate surface area is 435 Å². The van der Waals surface area contributed by atoms with Gasteiger partial charge in [-0.2, -0.15) is 0 Å². The zero-order valence-corrected chi connectivity index (χ0v) is 46.5. The number of allylic oxidation sites excluding steroid dienone is 9. The molecule has 0 aromatic rings. The summed E-state index contributed by atoms with van der Waals surface area (Å²) in [6.07, 6.45) is 76.9. The monoisotopic (exact) mass is 980 g/mol. The molecule has 0 aromatic heterocycles. The number of aliphatic hydroxyl groups is 2. The first-order valence-corrected chi connectivity index (χ1v) is 30.6. The second kappa shape index (κ2) is 59.1. The van der Waals surface area contributed by atoms with E-state index < -0.39 is 12.1 Å². The van der Waals surface area contributed by atoms with Crippen LogP contribution in [0.5, 0.6) is 0 Å². The lowest BCUT2D eigenvalue weighted by molar-refractivity contribution is -0.143. The molecule has 408 valence electrons. The zero-order valence-electron chi connectivity index (χ0n) is 46.5. The maximum absolute atomic E-state index is 12.5. The third-order valence-electron chi connectivity index (χ3n) is 13.8. The molecule has 70 heavy (non-hydrogen) atoms. The van der Waals surface area contributed by atoms with Crippen LogP contribution in [-0.2, 0) is 14.3 Å². The van der Waals surface area contributed by atoms with Gasteiger partial charge in [-0.15, -0.1) is 0 Å². The van der Waals surface area contributed by atoms with Crippen molar-refractivity contribution < 1.29 is 24.5 Å². The van der Waals surface area contributed by atoms with E-state index in [1.54, 1.807) is 6.08 Å². The van der Waals surface area contributed by atoms with E-state index >= 15 is 0 Å². The van der Waals surface area contributed by atoms with Crippen molar-refractivity contribution in [1.82, 2.24) is 5.32 Å². The molecule has 0 spiro atoms. The van der Waals surface area contributed by atoms with Gasteiger partial charge in [0.15, 0.2) is 0 Å². The van der Waals surface area contributed by atoms with E-state index in [0.29, 0.717) is 19.4 Å². The number of carbonyl (C=O) groups is 2. The standard InChI is InChI=1S/C64H117NO5/c1-3-5-7-9-11-13-15-17-18-19-20-21-22-23-24-25-26-27-29-33-36-40-44-48-52-56-62(67)61(60-66)65-63(68)57-53-49-45-41-37-34-30-28-31-35-39-43-47-51-55-59-70-64(69)58-54-50-46-42-38-32-16-14-12-10-8-6-4-2/h8,10,14,16,28,31,35,39,52,56,61-62,66-67H,3-7,9,11-13,15,17-27,29-30,32-34,36-38,40-51,53-55,57-60H2,1-2H3,(H,65,68)/b10-8-,16-14-,31-28-,39-35-,56-52+. The Hall–Kier alpha value is -2.44. The molecule has 0 saturated carbocycles. The van der Waals surface area contributed by atoms with Crippen LogP contribution in [0.4, 0.5) is 0 Å². The molecule has 3 N–H and O–H groups in total. The molecule has 0 fully saturated rings. The van der Waals surface area contributed by atoms with Gasteiger partial charge in [-0.1, -0.05) is 267 Å². The molecular weight excluding hydrogens is 863 g/mol. The van der Waals surface area contributed by atoms with Gasteiger partial charge >= 0.3 is 5.97 Å². The highest BCUT2D eigenvalue weighted by Crippen LogP contribution is 2.17. The van der Waals surface area contributed by atoms with Crippen LogP contribution in [0.25, 0.3) is 0 Å². The molecule has 0 aromatic carbocycles. The van der Waals surface area contributed by atoms with Crippen molar-refractivity contribution in [3.8, 4) is 0 Å². The summed E-state index contributed by atoms with van der Waals surface area (Å²) in [5.74, 6) is -0.128.